The van der Waals surface area contributed by atoms with E-state index in [1.165, 1.54) is 14.7 Å². The zero-order chi connectivity index (χ0) is 23.7. The number of rotatable bonds is 5. The maximum atomic E-state index is 13.1. The van der Waals surface area contributed by atoms with Gasteiger partial charge in [-0.2, -0.15) is 0 Å². The molecule has 6 nitrogen and oxygen atoms in total. The fraction of sp³-hybridized carbons (Fsp3) is 0.222. The topological polar surface area (TPSA) is 73.1 Å². The highest BCUT2D eigenvalue weighted by atomic mass is 35.5. The van der Waals surface area contributed by atoms with Crippen LogP contribution in [0.15, 0.2) is 82.4 Å². The summed E-state index contributed by atoms with van der Waals surface area (Å²) in [5.74, 6) is -0.315. The van der Waals surface area contributed by atoms with Crippen molar-refractivity contribution in [2.75, 3.05) is 0 Å². The van der Waals surface area contributed by atoms with E-state index in [9.17, 15) is 14.4 Å². The molecule has 7 heteroatoms. The van der Waals surface area contributed by atoms with Gasteiger partial charge in [0, 0.05) is 5.02 Å². The Kier molecular flexibility index (Phi) is 6.07. The number of halogens is 1. The van der Waals surface area contributed by atoms with Gasteiger partial charge in [0.05, 0.1) is 23.6 Å². The van der Waals surface area contributed by atoms with E-state index in [2.05, 4.69) is 11.4 Å². The quantitative estimate of drug-likeness (QED) is 0.444. The molecule has 1 aliphatic carbocycles. The molecule has 4 aromatic rings. The number of carbonyl (C=O) groups excluding carboxylic acids is 1. The summed E-state index contributed by atoms with van der Waals surface area (Å²) in [4.78, 5) is 39.3. The van der Waals surface area contributed by atoms with Gasteiger partial charge in [-0.1, -0.05) is 66.2 Å². The molecule has 0 saturated heterocycles. The fourth-order valence-corrected chi connectivity index (χ4v) is 4.92. The molecule has 1 amide bonds. The van der Waals surface area contributed by atoms with Crippen molar-refractivity contribution in [3.8, 4) is 0 Å². The zero-order valence-electron chi connectivity index (χ0n) is 18.5. The lowest BCUT2D eigenvalue weighted by Gasteiger charge is -2.26. The standard InChI is InChI=1S/C27H24ClN3O3/c28-20-13-14-23-24(15-20)31(27(34)26(33)30(23)16-18-7-2-1-3-8-18)17-25(32)29-22-12-6-10-19-9-4-5-11-21(19)22/h1-5,7-9,11,13-15,22H,6,10,12,16-17H2,(H,29,32)/t22-/m0/s1. The van der Waals surface area contributed by atoms with Gasteiger partial charge in [0.25, 0.3) is 0 Å². The number of benzene rings is 3. The Morgan fingerprint density at radius 2 is 1.65 bits per heavy atom. The van der Waals surface area contributed by atoms with E-state index in [1.807, 2.05) is 48.5 Å². The third-order valence-electron chi connectivity index (χ3n) is 6.38. The minimum atomic E-state index is -0.745. The molecule has 0 spiro atoms. The Balaban J connectivity index is 1.51. The van der Waals surface area contributed by atoms with Crippen LogP contribution < -0.4 is 16.4 Å². The zero-order valence-corrected chi connectivity index (χ0v) is 19.3. The summed E-state index contributed by atoms with van der Waals surface area (Å²) in [6.45, 7) is -0.00526. The first-order valence-electron chi connectivity index (χ1n) is 11.4. The van der Waals surface area contributed by atoms with Gasteiger partial charge in [0.15, 0.2) is 0 Å². The van der Waals surface area contributed by atoms with Gasteiger partial charge in [-0.15, -0.1) is 0 Å². The van der Waals surface area contributed by atoms with E-state index >= 15 is 0 Å². The van der Waals surface area contributed by atoms with Crippen LogP contribution in [0, 0.1) is 0 Å². The van der Waals surface area contributed by atoms with Crippen LogP contribution in [0.1, 0.15) is 35.6 Å². The number of carbonyl (C=O) groups is 1. The number of aromatic nitrogens is 2. The first kappa shape index (κ1) is 22.2. The first-order chi connectivity index (χ1) is 16.5. The smallest absolute Gasteiger partial charge is 0.317 e. The molecule has 1 atom stereocenters. The van der Waals surface area contributed by atoms with Gasteiger partial charge >= 0.3 is 11.1 Å². The van der Waals surface area contributed by atoms with Crippen molar-refractivity contribution >= 4 is 28.5 Å². The van der Waals surface area contributed by atoms with E-state index in [4.69, 9.17) is 11.6 Å². The second-order valence-corrected chi connectivity index (χ2v) is 9.05. The number of fused-ring (bicyclic) bond motifs is 2. The van der Waals surface area contributed by atoms with Gasteiger partial charge < -0.3 is 5.32 Å². The summed E-state index contributed by atoms with van der Waals surface area (Å²) in [5, 5.41) is 3.49. The fourth-order valence-electron chi connectivity index (χ4n) is 4.76. The highest BCUT2D eigenvalue weighted by Gasteiger charge is 2.23. The molecular formula is C27H24ClN3O3. The van der Waals surface area contributed by atoms with Crippen molar-refractivity contribution in [3.05, 3.63) is 115 Å². The minimum Gasteiger partial charge on any atom is -0.348 e. The summed E-state index contributed by atoms with van der Waals surface area (Å²) in [7, 11) is 0. The number of aryl methyl sites for hydroxylation is 1. The molecule has 1 N–H and O–H groups in total. The average Bonchev–Trinajstić information content (AvgIpc) is 2.85. The maximum Gasteiger partial charge on any atom is 0.317 e. The van der Waals surface area contributed by atoms with Gasteiger partial charge in [0.2, 0.25) is 5.91 Å². The molecule has 0 unspecified atom stereocenters. The van der Waals surface area contributed by atoms with Crippen LogP contribution in [0.5, 0.6) is 0 Å². The SMILES string of the molecule is O=C(Cn1c(=O)c(=O)n(Cc2ccccc2)c2ccc(Cl)cc21)N[C@H]1CCCc2ccccc21. The Morgan fingerprint density at radius 1 is 0.912 bits per heavy atom. The monoisotopic (exact) mass is 473 g/mol. The predicted octanol–water partition coefficient (Wildman–Crippen LogP) is 4.06. The molecule has 3 aromatic carbocycles. The van der Waals surface area contributed by atoms with E-state index < -0.39 is 11.1 Å². The number of amides is 1. The second kappa shape index (κ2) is 9.31. The molecule has 0 radical (unpaired) electrons. The van der Waals surface area contributed by atoms with Crippen LogP contribution in [0.3, 0.4) is 0 Å². The van der Waals surface area contributed by atoms with E-state index in [0.717, 1.165) is 30.4 Å². The van der Waals surface area contributed by atoms with Crippen molar-refractivity contribution in [1.82, 2.24) is 14.5 Å². The van der Waals surface area contributed by atoms with Gasteiger partial charge in [-0.25, -0.2) is 0 Å². The van der Waals surface area contributed by atoms with Crippen LogP contribution in [0.4, 0.5) is 0 Å². The summed E-state index contributed by atoms with van der Waals surface area (Å²) in [5.41, 5.74) is 2.82. The van der Waals surface area contributed by atoms with Gasteiger partial charge in [-0.3, -0.25) is 23.5 Å². The Labute approximate surface area is 201 Å². The third kappa shape index (κ3) is 4.29. The predicted molar refractivity (Wildman–Crippen MR) is 133 cm³/mol. The first-order valence-corrected chi connectivity index (χ1v) is 11.7. The average molecular weight is 474 g/mol. The van der Waals surface area contributed by atoms with Crippen LogP contribution >= 0.6 is 11.6 Å². The van der Waals surface area contributed by atoms with Crippen LogP contribution in [-0.2, 0) is 24.3 Å². The molecule has 172 valence electrons. The van der Waals surface area contributed by atoms with Crippen LogP contribution in [0.2, 0.25) is 5.02 Å². The van der Waals surface area contributed by atoms with Crippen LogP contribution in [-0.4, -0.2) is 15.0 Å². The number of nitrogens with one attached hydrogen (secondary N) is 1. The summed E-state index contributed by atoms with van der Waals surface area (Å²) >= 11 is 6.24. The number of hydrogen-bond acceptors (Lipinski definition) is 3. The Morgan fingerprint density at radius 3 is 2.47 bits per heavy atom. The highest BCUT2D eigenvalue weighted by molar-refractivity contribution is 6.31. The van der Waals surface area contributed by atoms with Crippen molar-refractivity contribution in [3.63, 3.8) is 0 Å². The minimum absolute atomic E-state index is 0.110. The lowest BCUT2D eigenvalue weighted by atomic mass is 9.88. The molecule has 0 saturated carbocycles. The number of hydrogen-bond donors (Lipinski definition) is 1. The second-order valence-electron chi connectivity index (χ2n) is 8.61. The normalized spacial score (nSPS) is 15.1. The molecule has 0 bridgehead atoms. The summed E-state index contributed by atoms with van der Waals surface area (Å²) in [6, 6.07) is 22.5. The van der Waals surface area contributed by atoms with Gasteiger partial charge in [0.1, 0.15) is 6.54 Å². The largest absolute Gasteiger partial charge is 0.348 e. The van der Waals surface area contributed by atoms with Crippen LogP contribution in [0.25, 0.3) is 11.0 Å². The molecular weight excluding hydrogens is 450 g/mol. The van der Waals surface area contributed by atoms with Crippen molar-refractivity contribution in [1.29, 1.82) is 0 Å². The molecule has 0 fully saturated rings. The lowest BCUT2D eigenvalue weighted by molar-refractivity contribution is -0.122. The third-order valence-corrected chi connectivity index (χ3v) is 6.62. The Bertz CT molecular complexity index is 1490. The summed E-state index contributed by atoms with van der Waals surface area (Å²) in [6.07, 6.45) is 2.81. The van der Waals surface area contributed by atoms with E-state index in [1.54, 1.807) is 18.2 Å². The molecule has 34 heavy (non-hydrogen) atoms. The molecule has 5 rings (SSSR count). The van der Waals surface area contributed by atoms with Crippen molar-refractivity contribution in [2.45, 2.75) is 38.4 Å². The van der Waals surface area contributed by atoms with Gasteiger partial charge in [-0.05, 0) is 54.2 Å². The van der Waals surface area contributed by atoms with E-state index in [-0.39, 0.29) is 25.0 Å². The molecule has 0 aliphatic heterocycles. The lowest BCUT2D eigenvalue weighted by Crippen LogP contribution is -2.44. The Hall–Kier alpha value is -3.64. The summed E-state index contributed by atoms with van der Waals surface area (Å²) < 4.78 is 2.67. The molecule has 1 aliphatic rings. The molecule has 1 aromatic heterocycles. The highest BCUT2D eigenvalue weighted by Crippen LogP contribution is 2.29. The van der Waals surface area contributed by atoms with E-state index in [0.29, 0.717) is 16.1 Å². The van der Waals surface area contributed by atoms with Crippen molar-refractivity contribution in [2.24, 2.45) is 0 Å². The number of nitrogens with zero attached hydrogens (tertiary/aromatic N) is 2. The molecule has 1 heterocycles. The maximum absolute atomic E-state index is 13.1. The van der Waals surface area contributed by atoms with Crippen molar-refractivity contribution < 1.29 is 4.79 Å².